The predicted molar refractivity (Wildman–Crippen MR) is 66.1 cm³/mol. The number of anilines is 1. The van der Waals surface area contributed by atoms with Gasteiger partial charge in [-0.1, -0.05) is 0 Å². The number of aromatic carboxylic acids is 1. The number of carboxylic acids is 1. The van der Waals surface area contributed by atoms with Crippen LogP contribution in [0, 0.1) is 0 Å². The Hall–Kier alpha value is -1.68. The van der Waals surface area contributed by atoms with Gasteiger partial charge in [-0.25, -0.2) is 17.9 Å². The number of hydrogen-bond acceptors (Lipinski definition) is 6. The molecule has 1 aromatic rings. The van der Waals surface area contributed by atoms with Gasteiger partial charge in [0.15, 0.2) is 0 Å². The van der Waals surface area contributed by atoms with E-state index in [1.807, 2.05) is 0 Å². The van der Waals surface area contributed by atoms with E-state index in [2.05, 4.69) is 4.72 Å². The molecule has 0 spiro atoms. The maximum Gasteiger partial charge on any atom is 0.335 e. The quantitative estimate of drug-likeness (QED) is 0.404. The number of hydrogen-bond donors (Lipinski definition) is 5. The summed E-state index contributed by atoms with van der Waals surface area (Å²) < 4.78 is 25.7. The van der Waals surface area contributed by atoms with Gasteiger partial charge >= 0.3 is 5.97 Å². The summed E-state index contributed by atoms with van der Waals surface area (Å²) in [5.74, 6) is -1.22. The van der Waals surface area contributed by atoms with Crippen molar-refractivity contribution in [3.8, 4) is 0 Å². The lowest BCUT2D eigenvalue weighted by Gasteiger charge is -2.11. The van der Waals surface area contributed by atoms with Crippen LogP contribution in [0.1, 0.15) is 10.4 Å². The summed E-state index contributed by atoms with van der Waals surface area (Å²) >= 11 is 0. The average Bonchev–Trinajstić information content (AvgIpc) is 2.35. The summed E-state index contributed by atoms with van der Waals surface area (Å²) in [4.78, 5) is 10.4. The molecule has 0 bridgehead atoms. The van der Waals surface area contributed by atoms with Crippen LogP contribution >= 0.6 is 0 Å². The number of nitrogens with two attached hydrogens (primary N) is 1. The van der Waals surface area contributed by atoms with Crippen LogP contribution in [-0.4, -0.2) is 49.0 Å². The second-order valence-corrected chi connectivity index (χ2v) is 5.48. The van der Waals surface area contributed by atoms with Crippen LogP contribution in [0.2, 0.25) is 0 Å². The third kappa shape index (κ3) is 3.89. The topological polar surface area (TPSA) is 150 Å². The van der Waals surface area contributed by atoms with E-state index in [9.17, 15) is 13.2 Å². The fourth-order valence-electron chi connectivity index (χ4n) is 1.27. The minimum Gasteiger partial charge on any atom is -0.478 e. The third-order valence-electron chi connectivity index (χ3n) is 2.27. The smallest absolute Gasteiger partial charge is 0.335 e. The Labute approximate surface area is 109 Å². The molecule has 1 aromatic carbocycles. The molecule has 0 heterocycles. The van der Waals surface area contributed by atoms with Gasteiger partial charge in [0.05, 0.1) is 24.0 Å². The molecule has 0 aliphatic rings. The monoisotopic (exact) mass is 290 g/mol. The Morgan fingerprint density at radius 1 is 1.42 bits per heavy atom. The lowest BCUT2D eigenvalue weighted by atomic mass is 10.2. The molecule has 0 aliphatic heterocycles. The summed E-state index contributed by atoms with van der Waals surface area (Å²) in [5.41, 5.74) is 5.14. The first-order valence-electron chi connectivity index (χ1n) is 5.19. The Morgan fingerprint density at radius 2 is 2.05 bits per heavy atom. The number of rotatable bonds is 6. The maximum absolute atomic E-state index is 11.8. The zero-order chi connectivity index (χ0) is 14.6. The number of benzene rings is 1. The summed E-state index contributed by atoms with van der Waals surface area (Å²) in [5, 5.41) is 26.4. The van der Waals surface area contributed by atoms with Gasteiger partial charge in [0.1, 0.15) is 4.90 Å². The summed E-state index contributed by atoms with van der Waals surface area (Å²) in [6, 6.07) is 3.20. The largest absolute Gasteiger partial charge is 0.478 e. The van der Waals surface area contributed by atoms with Crippen LogP contribution in [0.25, 0.3) is 0 Å². The molecular weight excluding hydrogens is 276 g/mol. The SMILES string of the molecule is Nc1cc(C(=O)O)ccc1S(=O)(=O)NCC(O)CO. The van der Waals surface area contributed by atoms with Crippen molar-refractivity contribution in [3.63, 3.8) is 0 Å². The van der Waals surface area contributed by atoms with Crippen LogP contribution < -0.4 is 10.5 Å². The molecule has 8 nitrogen and oxygen atoms in total. The van der Waals surface area contributed by atoms with E-state index in [0.717, 1.165) is 18.2 Å². The standard InChI is InChI=1S/C10H14N2O6S/c11-8-3-6(10(15)16)1-2-9(8)19(17,18)12-4-7(14)5-13/h1-3,7,12-14H,4-5,11H2,(H,15,16). The summed E-state index contributed by atoms with van der Waals surface area (Å²) in [6.07, 6.45) is -1.23. The zero-order valence-electron chi connectivity index (χ0n) is 9.78. The highest BCUT2D eigenvalue weighted by molar-refractivity contribution is 7.89. The molecular formula is C10H14N2O6S. The van der Waals surface area contributed by atoms with E-state index < -0.39 is 28.7 Å². The van der Waals surface area contributed by atoms with Crippen LogP contribution in [0.3, 0.4) is 0 Å². The summed E-state index contributed by atoms with van der Waals surface area (Å²) in [6.45, 7) is -0.963. The highest BCUT2D eigenvalue weighted by Crippen LogP contribution is 2.19. The number of carboxylic acid groups (broad SMARTS) is 1. The van der Waals surface area contributed by atoms with Gasteiger partial charge in [0.25, 0.3) is 0 Å². The van der Waals surface area contributed by atoms with E-state index in [1.54, 1.807) is 0 Å². The molecule has 106 valence electrons. The normalized spacial score (nSPS) is 13.2. The molecule has 0 radical (unpaired) electrons. The van der Waals surface area contributed by atoms with Crippen molar-refractivity contribution >= 4 is 21.7 Å². The van der Waals surface area contributed by atoms with Gasteiger partial charge in [-0.2, -0.15) is 0 Å². The van der Waals surface area contributed by atoms with Crippen molar-refractivity contribution in [1.29, 1.82) is 0 Å². The number of nitrogen functional groups attached to an aromatic ring is 1. The number of sulfonamides is 1. The first kappa shape index (κ1) is 15.4. The highest BCUT2D eigenvalue weighted by atomic mass is 32.2. The fraction of sp³-hybridized carbons (Fsp3) is 0.300. The van der Waals surface area contributed by atoms with Gasteiger partial charge in [-0.3, -0.25) is 0 Å². The molecule has 0 aromatic heterocycles. The minimum absolute atomic E-state index is 0.133. The van der Waals surface area contributed by atoms with Crippen molar-refractivity contribution < 1.29 is 28.5 Å². The van der Waals surface area contributed by atoms with E-state index in [4.69, 9.17) is 21.1 Å². The summed E-state index contributed by atoms with van der Waals surface area (Å²) in [7, 11) is -3.98. The molecule has 0 fully saturated rings. The van der Waals surface area contributed by atoms with E-state index in [0.29, 0.717) is 0 Å². The van der Waals surface area contributed by atoms with Gasteiger partial charge < -0.3 is 21.1 Å². The van der Waals surface area contributed by atoms with E-state index in [-0.39, 0.29) is 22.7 Å². The highest BCUT2D eigenvalue weighted by Gasteiger charge is 2.19. The second kappa shape index (κ2) is 5.97. The van der Waals surface area contributed by atoms with Gasteiger partial charge in [-0.15, -0.1) is 0 Å². The lowest BCUT2D eigenvalue weighted by molar-refractivity contribution is 0.0697. The first-order valence-corrected chi connectivity index (χ1v) is 6.67. The Kier molecular flexibility index (Phi) is 4.84. The van der Waals surface area contributed by atoms with Crippen molar-refractivity contribution in [2.45, 2.75) is 11.0 Å². The molecule has 0 aliphatic carbocycles. The van der Waals surface area contributed by atoms with Gasteiger partial charge in [0.2, 0.25) is 10.0 Å². The molecule has 9 heteroatoms. The van der Waals surface area contributed by atoms with E-state index >= 15 is 0 Å². The minimum atomic E-state index is -3.98. The lowest BCUT2D eigenvalue weighted by Crippen LogP contribution is -2.34. The molecule has 1 atom stereocenters. The molecule has 0 amide bonds. The van der Waals surface area contributed by atoms with Gasteiger partial charge in [-0.05, 0) is 18.2 Å². The predicted octanol–water partition coefficient (Wildman–Crippen LogP) is -1.40. The first-order chi connectivity index (χ1) is 8.77. The second-order valence-electron chi connectivity index (χ2n) is 3.75. The third-order valence-corrected chi connectivity index (χ3v) is 3.76. The van der Waals surface area contributed by atoms with Crippen LogP contribution in [0.5, 0.6) is 0 Å². The number of nitrogens with one attached hydrogen (secondary N) is 1. The zero-order valence-corrected chi connectivity index (χ0v) is 10.6. The maximum atomic E-state index is 11.8. The number of aliphatic hydroxyl groups excluding tert-OH is 2. The molecule has 6 N–H and O–H groups in total. The van der Waals surface area contributed by atoms with Crippen LogP contribution in [0.4, 0.5) is 5.69 Å². The van der Waals surface area contributed by atoms with Crippen molar-refractivity contribution in [1.82, 2.24) is 4.72 Å². The molecule has 19 heavy (non-hydrogen) atoms. The Bertz CT molecular complexity index is 571. The van der Waals surface area contributed by atoms with Crippen LogP contribution in [-0.2, 0) is 10.0 Å². The van der Waals surface area contributed by atoms with Crippen LogP contribution in [0.15, 0.2) is 23.1 Å². The molecule has 1 unspecified atom stereocenters. The van der Waals surface area contributed by atoms with Crippen molar-refractivity contribution in [3.05, 3.63) is 23.8 Å². The fourth-order valence-corrected chi connectivity index (χ4v) is 2.46. The van der Waals surface area contributed by atoms with Crippen molar-refractivity contribution in [2.24, 2.45) is 0 Å². The van der Waals surface area contributed by atoms with Gasteiger partial charge in [0, 0.05) is 6.54 Å². The Morgan fingerprint density at radius 3 is 2.53 bits per heavy atom. The van der Waals surface area contributed by atoms with Crippen molar-refractivity contribution in [2.75, 3.05) is 18.9 Å². The number of aliphatic hydroxyl groups is 2. The molecule has 0 saturated carbocycles. The number of carbonyl (C=O) groups is 1. The van der Waals surface area contributed by atoms with E-state index in [1.165, 1.54) is 0 Å². The average molecular weight is 290 g/mol. The molecule has 0 saturated heterocycles. The molecule has 1 rings (SSSR count). The Balaban J connectivity index is 2.99.